The number of carbonyl (C=O) groups is 1. The molecule has 0 saturated heterocycles. The van der Waals surface area contributed by atoms with Crippen molar-refractivity contribution in [3.05, 3.63) is 34.2 Å². The van der Waals surface area contributed by atoms with Crippen molar-refractivity contribution in [2.45, 2.75) is 20.8 Å². The lowest BCUT2D eigenvalue weighted by molar-refractivity contribution is 0.0944. The molecule has 0 bridgehead atoms. The molecule has 0 saturated carbocycles. The molecule has 0 radical (unpaired) electrons. The maximum atomic E-state index is 11.6. The smallest absolute Gasteiger partial charge is 0.252 e. The molecular weight excluding hydrogens is 204 g/mol. The Kier molecular flexibility index (Phi) is 4.28. The van der Waals surface area contributed by atoms with Crippen molar-refractivity contribution in [1.29, 1.82) is 0 Å². The first-order valence-corrected chi connectivity index (χ1v) is 5.47. The highest BCUT2D eigenvalue weighted by molar-refractivity contribution is 5.93. The molecule has 4 nitrogen and oxygen atoms in total. The highest BCUT2D eigenvalue weighted by atomic mass is 16.1. The second-order valence-electron chi connectivity index (χ2n) is 4.37. The SMILES string of the molecule is CC(C)C(C)CNC(=O)c1ccc(=O)[nH]c1. The minimum absolute atomic E-state index is 0.149. The molecule has 1 aromatic rings. The molecule has 1 heterocycles. The lowest BCUT2D eigenvalue weighted by Crippen LogP contribution is -2.30. The van der Waals surface area contributed by atoms with Crippen LogP contribution in [0.1, 0.15) is 31.1 Å². The van der Waals surface area contributed by atoms with E-state index in [1.165, 1.54) is 18.3 Å². The molecular formula is C12H18N2O2. The fraction of sp³-hybridized carbons (Fsp3) is 0.500. The van der Waals surface area contributed by atoms with Gasteiger partial charge in [-0.3, -0.25) is 9.59 Å². The number of hydrogen-bond acceptors (Lipinski definition) is 2. The van der Waals surface area contributed by atoms with Crippen LogP contribution in [-0.2, 0) is 0 Å². The highest BCUT2D eigenvalue weighted by Gasteiger charge is 2.10. The van der Waals surface area contributed by atoms with Gasteiger partial charge in [0.15, 0.2) is 0 Å². The third-order valence-electron chi connectivity index (χ3n) is 2.77. The standard InChI is InChI=1S/C12H18N2O2/c1-8(2)9(3)6-14-12(16)10-4-5-11(15)13-7-10/h4-5,7-9H,6H2,1-3H3,(H,13,15)(H,14,16). The van der Waals surface area contributed by atoms with Gasteiger partial charge in [-0.05, 0) is 17.9 Å². The van der Waals surface area contributed by atoms with Crippen molar-refractivity contribution >= 4 is 5.91 Å². The summed E-state index contributed by atoms with van der Waals surface area (Å²) >= 11 is 0. The Bertz CT molecular complexity index is 389. The third-order valence-corrected chi connectivity index (χ3v) is 2.77. The average Bonchev–Trinajstić information content (AvgIpc) is 2.26. The number of hydrogen-bond donors (Lipinski definition) is 2. The molecule has 88 valence electrons. The van der Waals surface area contributed by atoms with Crippen LogP contribution in [0.2, 0.25) is 0 Å². The summed E-state index contributed by atoms with van der Waals surface area (Å²) in [6, 6.07) is 2.87. The molecule has 1 unspecified atom stereocenters. The molecule has 1 atom stereocenters. The molecule has 1 rings (SSSR count). The second-order valence-corrected chi connectivity index (χ2v) is 4.37. The molecule has 1 aromatic heterocycles. The number of pyridine rings is 1. The summed E-state index contributed by atoms with van der Waals surface area (Å²) in [7, 11) is 0. The number of H-pyrrole nitrogens is 1. The van der Waals surface area contributed by atoms with Crippen LogP contribution < -0.4 is 10.9 Å². The number of aromatic nitrogens is 1. The van der Waals surface area contributed by atoms with E-state index < -0.39 is 0 Å². The minimum atomic E-state index is -0.202. The third kappa shape index (κ3) is 3.53. The van der Waals surface area contributed by atoms with Crippen LogP contribution in [0.15, 0.2) is 23.1 Å². The van der Waals surface area contributed by atoms with Gasteiger partial charge < -0.3 is 10.3 Å². The van der Waals surface area contributed by atoms with E-state index in [0.717, 1.165) is 0 Å². The molecule has 0 aliphatic carbocycles. The lowest BCUT2D eigenvalue weighted by Gasteiger charge is -2.15. The summed E-state index contributed by atoms with van der Waals surface area (Å²) in [5, 5.41) is 2.84. The van der Waals surface area contributed by atoms with Crippen molar-refractivity contribution in [3.8, 4) is 0 Å². The maximum Gasteiger partial charge on any atom is 0.252 e. The molecule has 1 amide bonds. The Balaban J connectivity index is 2.53. The Morgan fingerprint density at radius 1 is 1.38 bits per heavy atom. The number of rotatable bonds is 4. The molecule has 4 heteroatoms. The molecule has 2 N–H and O–H groups in total. The van der Waals surface area contributed by atoms with Gasteiger partial charge in [0.1, 0.15) is 0 Å². The van der Waals surface area contributed by atoms with E-state index in [2.05, 4.69) is 31.1 Å². The first kappa shape index (κ1) is 12.5. The fourth-order valence-electron chi connectivity index (χ4n) is 1.14. The summed E-state index contributed by atoms with van der Waals surface area (Å²) in [4.78, 5) is 24.9. The summed E-state index contributed by atoms with van der Waals surface area (Å²) in [5.41, 5.74) is 0.280. The Morgan fingerprint density at radius 2 is 2.06 bits per heavy atom. The lowest BCUT2D eigenvalue weighted by atomic mass is 9.98. The number of nitrogens with one attached hydrogen (secondary N) is 2. The van der Waals surface area contributed by atoms with Gasteiger partial charge in [0.05, 0.1) is 5.56 Å². The minimum Gasteiger partial charge on any atom is -0.352 e. The van der Waals surface area contributed by atoms with Gasteiger partial charge in [-0.2, -0.15) is 0 Å². The van der Waals surface area contributed by atoms with Crippen molar-refractivity contribution in [3.63, 3.8) is 0 Å². The van der Waals surface area contributed by atoms with Gasteiger partial charge >= 0.3 is 0 Å². The topological polar surface area (TPSA) is 62.0 Å². The van der Waals surface area contributed by atoms with E-state index in [1.54, 1.807) is 0 Å². The van der Waals surface area contributed by atoms with Crippen LogP contribution in [0.4, 0.5) is 0 Å². The maximum absolute atomic E-state index is 11.6. The molecule has 0 spiro atoms. The van der Waals surface area contributed by atoms with Crippen molar-refractivity contribution in [2.24, 2.45) is 11.8 Å². The fourth-order valence-corrected chi connectivity index (χ4v) is 1.14. The second kappa shape index (κ2) is 5.49. The van der Waals surface area contributed by atoms with Gasteiger partial charge in [-0.1, -0.05) is 20.8 Å². The average molecular weight is 222 g/mol. The zero-order valence-electron chi connectivity index (χ0n) is 9.91. The van der Waals surface area contributed by atoms with E-state index in [4.69, 9.17) is 0 Å². The van der Waals surface area contributed by atoms with E-state index in [0.29, 0.717) is 23.9 Å². The summed E-state index contributed by atoms with van der Waals surface area (Å²) < 4.78 is 0. The van der Waals surface area contributed by atoms with E-state index in [-0.39, 0.29) is 11.5 Å². The molecule has 0 aliphatic heterocycles. The van der Waals surface area contributed by atoms with Crippen LogP contribution in [0.5, 0.6) is 0 Å². The van der Waals surface area contributed by atoms with Crippen LogP contribution in [0.25, 0.3) is 0 Å². The first-order valence-electron chi connectivity index (χ1n) is 5.47. The summed E-state index contributed by atoms with van der Waals surface area (Å²) in [6.07, 6.45) is 1.43. The van der Waals surface area contributed by atoms with Crippen LogP contribution >= 0.6 is 0 Å². The van der Waals surface area contributed by atoms with Crippen molar-refractivity contribution in [2.75, 3.05) is 6.54 Å². The Labute approximate surface area is 95.1 Å². The molecule has 0 fully saturated rings. The summed E-state index contributed by atoms with van der Waals surface area (Å²) in [6.45, 7) is 6.99. The predicted molar refractivity (Wildman–Crippen MR) is 63.4 cm³/mol. The zero-order valence-corrected chi connectivity index (χ0v) is 9.91. The first-order chi connectivity index (χ1) is 7.50. The van der Waals surface area contributed by atoms with Gasteiger partial charge in [0, 0.05) is 18.8 Å². The molecule has 16 heavy (non-hydrogen) atoms. The van der Waals surface area contributed by atoms with Gasteiger partial charge in [-0.15, -0.1) is 0 Å². The van der Waals surface area contributed by atoms with Crippen molar-refractivity contribution in [1.82, 2.24) is 10.3 Å². The van der Waals surface area contributed by atoms with Crippen molar-refractivity contribution < 1.29 is 4.79 Å². The van der Waals surface area contributed by atoms with Gasteiger partial charge in [-0.25, -0.2) is 0 Å². The van der Waals surface area contributed by atoms with Gasteiger partial charge in [0.2, 0.25) is 5.56 Å². The van der Waals surface area contributed by atoms with E-state index in [9.17, 15) is 9.59 Å². The normalized spacial score (nSPS) is 12.5. The van der Waals surface area contributed by atoms with Crippen LogP contribution in [0, 0.1) is 11.8 Å². The highest BCUT2D eigenvalue weighted by Crippen LogP contribution is 2.07. The van der Waals surface area contributed by atoms with Gasteiger partial charge in [0.25, 0.3) is 5.91 Å². The number of carbonyl (C=O) groups excluding carboxylic acids is 1. The monoisotopic (exact) mass is 222 g/mol. The zero-order chi connectivity index (χ0) is 12.1. The largest absolute Gasteiger partial charge is 0.352 e. The molecule has 0 aromatic carbocycles. The number of aromatic amines is 1. The summed E-state index contributed by atoms with van der Waals surface area (Å²) in [5.74, 6) is 0.825. The quantitative estimate of drug-likeness (QED) is 0.808. The molecule has 0 aliphatic rings. The Morgan fingerprint density at radius 3 is 2.56 bits per heavy atom. The predicted octanol–water partition coefficient (Wildman–Crippen LogP) is 1.40. The van der Waals surface area contributed by atoms with Crippen LogP contribution in [0.3, 0.4) is 0 Å². The number of amides is 1. The van der Waals surface area contributed by atoms with E-state index >= 15 is 0 Å². The Hall–Kier alpha value is -1.58. The van der Waals surface area contributed by atoms with Crippen LogP contribution in [-0.4, -0.2) is 17.4 Å². The van der Waals surface area contributed by atoms with E-state index in [1.807, 2.05) is 0 Å².